The van der Waals surface area contributed by atoms with E-state index in [1.165, 1.54) is 0 Å². The SMILES string of the molecule is CCC(O)(CN=C(N)NCC(C)C)c1ccc(Br)cc1. The lowest BCUT2D eigenvalue weighted by atomic mass is 9.91. The minimum Gasteiger partial charge on any atom is -0.383 e. The summed E-state index contributed by atoms with van der Waals surface area (Å²) in [4.78, 5) is 4.26. The van der Waals surface area contributed by atoms with Gasteiger partial charge in [0.15, 0.2) is 5.96 Å². The van der Waals surface area contributed by atoms with Crippen molar-refractivity contribution in [2.75, 3.05) is 13.1 Å². The number of guanidine groups is 1. The molecule has 0 fully saturated rings. The van der Waals surface area contributed by atoms with E-state index >= 15 is 0 Å². The van der Waals surface area contributed by atoms with Crippen LogP contribution in [0.25, 0.3) is 0 Å². The van der Waals surface area contributed by atoms with Gasteiger partial charge in [-0.2, -0.15) is 0 Å². The number of benzene rings is 1. The Labute approximate surface area is 129 Å². The maximum absolute atomic E-state index is 10.7. The van der Waals surface area contributed by atoms with Crippen LogP contribution in [0.1, 0.15) is 32.8 Å². The molecule has 20 heavy (non-hydrogen) atoms. The highest BCUT2D eigenvalue weighted by molar-refractivity contribution is 9.10. The van der Waals surface area contributed by atoms with Crippen molar-refractivity contribution in [3.8, 4) is 0 Å². The second-order valence-electron chi connectivity index (χ2n) is 5.37. The number of nitrogens with two attached hydrogens (primary N) is 1. The summed E-state index contributed by atoms with van der Waals surface area (Å²) in [6, 6.07) is 7.64. The lowest BCUT2D eigenvalue weighted by molar-refractivity contribution is 0.0423. The molecule has 0 aliphatic heterocycles. The van der Waals surface area contributed by atoms with Gasteiger partial charge in [-0.15, -0.1) is 0 Å². The molecule has 0 radical (unpaired) electrons. The molecule has 0 aromatic heterocycles. The molecular formula is C15H24BrN3O. The van der Waals surface area contributed by atoms with Crippen LogP contribution in [0, 0.1) is 5.92 Å². The van der Waals surface area contributed by atoms with Crippen molar-refractivity contribution < 1.29 is 5.11 Å². The zero-order chi connectivity index (χ0) is 15.2. The van der Waals surface area contributed by atoms with Crippen LogP contribution in [0.5, 0.6) is 0 Å². The molecule has 1 aromatic rings. The standard InChI is InChI=1S/C15H24BrN3O/c1-4-15(20,12-5-7-13(16)8-6-12)10-19-14(17)18-9-11(2)3/h5-8,11,20H,4,9-10H2,1-3H3,(H3,17,18,19). The Balaban J connectivity index is 2.74. The summed E-state index contributed by atoms with van der Waals surface area (Å²) in [7, 11) is 0. The van der Waals surface area contributed by atoms with E-state index in [1.807, 2.05) is 31.2 Å². The predicted octanol–water partition coefficient (Wildman–Crippen LogP) is 2.61. The molecule has 1 unspecified atom stereocenters. The zero-order valence-electron chi connectivity index (χ0n) is 12.4. The maximum atomic E-state index is 10.7. The number of nitrogens with zero attached hydrogens (tertiary/aromatic N) is 1. The average Bonchev–Trinajstić information content (AvgIpc) is 2.43. The smallest absolute Gasteiger partial charge is 0.188 e. The quantitative estimate of drug-likeness (QED) is 0.550. The Bertz CT molecular complexity index is 445. The van der Waals surface area contributed by atoms with Crippen molar-refractivity contribution in [2.45, 2.75) is 32.8 Å². The molecule has 0 amide bonds. The van der Waals surface area contributed by atoms with Crippen molar-refractivity contribution in [3.63, 3.8) is 0 Å². The summed E-state index contributed by atoms with van der Waals surface area (Å²) in [6.07, 6.45) is 0.579. The third kappa shape index (κ3) is 5.13. The van der Waals surface area contributed by atoms with Gasteiger partial charge in [0.05, 0.1) is 6.54 Å². The van der Waals surface area contributed by atoms with Gasteiger partial charge in [-0.3, -0.25) is 4.99 Å². The minimum atomic E-state index is -0.981. The highest BCUT2D eigenvalue weighted by atomic mass is 79.9. The molecule has 0 bridgehead atoms. The van der Waals surface area contributed by atoms with Crippen molar-refractivity contribution in [1.82, 2.24) is 5.32 Å². The van der Waals surface area contributed by atoms with Gasteiger partial charge in [0.1, 0.15) is 5.60 Å². The van der Waals surface area contributed by atoms with Crippen LogP contribution in [-0.4, -0.2) is 24.2 Å². The van der Waals surface area contributed by atoms with E-state index in [0.717, 1.165) is 16.6 Å². The first-order chi connectivity index (χ1) is 9.37. The molecular weight excluding hydrogens is 318 g/mol. The zero-order valence-corrected chi connectivity index (χ0v) is 13.9. The molecule has 0 spiro atoms. The highest BCUT2D eigenvalue weighted by Gasteiger charge is 2.26. The molecule has 0 saturated heterocycles. The van der Waals surface area contributed by atoms with Gasteiger partial charge >= 0.3 is 0 Å². The second-order valence-corrected chi connectivity index (χ2v) is 6.28. The number of aliphatic imine (C=N–C) groups is 1. The van der Waals surface area contributed by atoms with Crippen LogP contribution in [0.3, 0.4) is 0 Å². The summed E-state index contributed by atoms with van der Waals surface area (Å²) in [5.41, 5.74) is 5.68. The number of aliphatic hydroxyl groups is 1. The second kappa shape index (κ2) is 7.64. The van der Waals surface area contributed by atoms with E-state index in [1.54, 1.807) is 0 Å². The summed E-state index contributed by atoms with van der Waals surface area (Å²) < 4.78 is 0.987. The van der Waals surface area contributed by atoms with Crippen LogP contribution in [0.2, 0.25) is 0 Å². The number of hydrogen-bond donors (Lipinski definition) is 3. The summed E-state index contributed by atoms with van der Waals surface area (Å²) >= 11 is 3.39. The Morgan fingerprint density at radius 2 is 2.00 bits per heavy atom. The Morgan fingerprint density at radius 3 is 2.50 bits per heavy atom. The molecule has 1 aromatic carbocycles. The molecule has 4 N–H and O–H groups in total. The monoisotopic (exact) mass is 341 g/mol. The van der Waals surface area contributed by atoms with Gasteiger partial charge in [-0.1, -0.05) is 48.8 Å². The number of nitrogens with one attached hydrogen (secondary N) is 1. The van der Waals surface area contributed by atoms with Gasteiger partial charge in [-0.25, -0.2) is 0 Å². The van der Waals surface area contributed by atoms with Crippen molar-refractivity contribution in [1.29, 1.82) is 0 Å². The normalized spacial score (nSPS) is 15.2. The maximum Gasteiger partial charge on any atom is 0.188 e. The molecule has 0 saturated carbocycles. The fraction of sp³-hybridized carbons (Fsp3) is 0.533. The molecule has 4 nitrogen and oxygen atoms in total. The topological polar surface area (TPSA) is 70.6 Å². The van der Waals surface area contributed by atoms with E-state index in [4.69, 9.17) is 5.73 Å². The number of rotatable bonds is 6. The van der Waals surface area contributed by atoms with Gasteiger partial charge in [-0.05, 0) is 30.0 Å². The van der Waals surface area contributed by atoms with Crippen LogP contribution in [0.15, 0.2) is 33.7 Å². The summed E-state index contributed by atoms with van der Waals surface area (Å²) in [6.45, 7) is 7.17. The summed E-state index contributed by atoms with van der Waals surface area (Å²) in [5.74, 6) is 0.878. The largest absolute Gasteiger partial charge is 0.383 e. The third-order valence-electron chi connectivity index (χ3n) is 3.17. The fourth-order valence-electron chi connectivity index (χ4n) is 1.75. The molecule has 0 heterocycles. The van der Waals surface area contributed by atoms with Crippen molar-refractivity contribution in [3.05, 3.63) is 34.3 Å². The third-order valence-corrected chi connectivity index (χ3v) is 3.70. The van der Waals surface area contributed by atoms with Crippen LogP contribution in [0.4, 0.5) is 0 Å². The van der Waals surface area contributed by atoms with Gasteiger partial charge in [0.25, 0.3) is 0 Å². The lowest BCUT2D eigenvalue weighted by Gasteiger charge is -2.25. The van der Waals surface area contributed by atoms with E-state index in [2.05, 4.69) is 40.1 Å². The molecule has 5 heteroatoms. The Morgan fingerprint density at radius 1 is 1.40 bits per heavy atom. The van der Waals surface area contributed by atoms with Gasteiger partial charge < -0.3 is 16.2 Å². The van der Waals surface area contributed by atoms with E-state index in [0.29, 0.717) is 18.3 Å². The van der Waals surface area contributed by atoms with E-state index < -0.39 is 5.60 Å². The van der Waals surface area contributed by atoms with Crippen molar-refractivity contribution in [2.24, 2.45) is 16.6 Å². The molecule has 0 aliphatic carbocycles. The van der Waals surface area contributed by atoms with E-state index in [-0.39, 0.29) is 6.54 Å². The lowest BCUT2D eigenvalue weighted by Crippen LogP contribution is -2.37. The summed E-state index contributed by atoms with van der Waals surface area (Å²) in [5, 5.41) is 13.8. The number of hydrogen-bond acceptors (Lipinski definition) is 2. The van der Waals surface area contributed by atoms with E-state index in [9.17, 15) is 5.11 Å². The number of halogens is 1. The Kier molecular flexibility index (Phi) is 6.49. The first-order valence-electron chi connectivity index (χ1n) is 6.89. The van der Waals surface area contributed by atoms with Crippen LogP contribution in [-0.2, 0) is 5.60 Å². The first-order valence-corrected chi connectivity index (χ1v) is 7.69. The minimum absolute atomic E-state index is 0.252. The molecule has 1 atom stereocenters. The van der Waals surface area contributed by atoms with Crippen LogP contribution < -0.4 is 11.1 Å². The van der Waals surface area contributed by atoms with Crippen LogP contribution >= 0.6 is 15.9 Å². The predicted molar refractivity (Wildman–Crippen MR) is 87.7 cm³/mol. The molecule has 0 aliphatic rings. The fourth-order valence-corrected chi connectivity index (χ4v) is 2.01. The van der Waals surface area contributed by atoms with Gasteiger partial charge in [0, 0.05) is 11.0 Å². The van der Waals surface area contributed by atoms with Crippen molar-refractivity contribution >= 4 is 21.9 Å². The van der Waals surface area contributed by atoms with Gasteiger partial charge in [0.2, 0.25) is 0 Å². The first kappa shape index (κ1) is 17.0. The highest BCUT2D eigenvalue weighted by Crippen LogP contribution is 2.26. The average molecular weight is 342 g/mol. The molecule has 112 valence electrons. The molecule has 1 rings (SSSR count). The Hall–Kier alpha value is -1.07.